The molecule has 0 amide bonds. The Hall–Kier alpha value is 0.160. The first kappa shape index (κ1) is 10.2. The van der Waals surface area contributed by atoms with Gasteiger partial charge in [0.15, 0.2) is 4.38 Å². The van der Waals surface area contributed by atoms with Gasteiger partial charge in [0.2, 0.25) is 0 Å². The highest BCUT2D eigenvalue weighted by Gasteiger charge is 2.05. The van der Waals surface area contributed by atoms with Gasteiger partial charge in [0.05, 0.1) is 0 Å². The molecule has 0 heterocycles. The topological polar surface area (TPSA) is 72.3 Å². The van der Waals surface area contributed by atoms with Gasteiger partial charge in [-0.15, -0.1) is 0 Å². The zero-order valence-corrected chi connectivity index (χ0v) is 7.50. The van der Waals surface area contributed by atoms with Crippen molar-refractivity contribution in [3.8, 4) is 0 Å². The highest BCUT2D eigenvalue weighted by Crippen LogP contribution is 2.23. The van der Waals surface area contributed by atoms with Gasteiger partial charge >= 0.3 is 0 Å². The van der Waals surface area contributed by atoms with E-state index in [1.165, 1.54) is 0 Å². The Kier molecular flexibility index (Phi) is 6.00. The lowest BCUT2D eigenvalue weighted by Gasteiger charge is -2.15. The van der Waals surface area contributed by atoms with E-state index >= 15 is 0 Å². The van der Waals surface area contributed by atoms with Crippen molar-refractivity contribution in [2.45, 2.75) is 0 Å². The van der Waals surface area contributed by atoms with E-state index in [9.17, 15) is 0 Å². The molecule has 62 valence electrons. The number of aliphatic hydroxyl groups is 1. The SMILES string of the molecule is NCC[SH](CCN)C(O)=S. The largest absolute Gasteiger partial charge is 0.495 e. The smallest absolute Gasteiger partial charge is 0.197 e. The summed E-state index contributed by atoms with van der Waals surface area (Å²) in [6.45, 7) is 1.15. The average Bonchev–Trinajstić information content (AvgIpc) is 1.87. The predicted octanol–water partition coefficient (Wildman–Crippen LogP) is -0.252. The molecule has 0 spiro atoms. The molecule has 0 atom stereocenters. The average molecular weight is 182 g/mol. The molecule has 0 saturated heterocycles. The lowest BCUT2D eigenvalue weighted by Crippen LogP contribution is -2.16. The third-order valence-electron chi connectivity index (χ3n) is 1.07. The second-order valence-corrected chi connectivity index (χ2v) is 4.93. The molecule has 0 aliphatic carbocycles. The summed E-state index contributed by atoms with van der Waals surface area (Å²) in [6, 6.07) is 0. The zero-order chi connectivity index (χ0) is 7.98. The van der Waals surface area contributed by atoms with Crippen LogP contribution in [0.25, 0.3) is 0 Å². The van der Waals surface area contributed by atoms with Crippen molar-refractivity contribution in [1.82, 2.24) is 0 Å². The van der Waals surface area contributed by atoms with Crippen molar-refractivity contribution in [3.05, 3.63) is 0 Å². The maximum absolute atomic E-state index is 8.92. The van der Waals surface area contributed by atoms with E-state index in [0.29, 0.717) is 13.1 Å². The molecule has 10 heavy (non-hydrogen) atoms. The Morgan fingerprint density at radius 3 is 1.90 bits per heavy atom. The normalized spacial score (nSPS) is 11.2. The quantitative estimate of drug-likeness (QED) is 0.357. The van der Waals surface area contributed by atoms with E-state index in [0.717, 1.165) is 11.5 Å². The maximum atomic E-state index is 8.92. The van der Waals surface area contributed by atoms with Gasteiger partial charge in [-0.2, -0.15) is 10.9 Å². The van der Waals surface area contributed by atoms with Crippen LogP contribution in [-0.4, -0.2) is 34.1 Å². The van der Waals surface area contributed by atoms with E-state index in [1.807, 2.05) is 0 Å². The minimum atomic E-state index is -0.583. The summed E-state index contributed by atoms with van der Waals surface area (Å²) in [7, 11) is -0.583. The molecule has 0 radical (unpaired) electrons. The van der Waals surface area contributed by atoms with Crippen molar-refractivity contribution in [2.75, 3.05) is 24.6 Å². The molecule has 0 aromatic rings. The van der Waals surface area contributed by atoms with E-state index in [2.05, 4.69) is 12.2 Å². The Morgan fingerprint density at radius 2 is 1.70 bits per heavy atom. The van der Waals surface area contributed by atoms with Crippen LogP contribution in [-0.2, 0) is 0 Å². The first-order valence-electron chi connectivity index (χ1n) is 3.10. The molecule has 0 aromatic heterocycles. The Bertz CT molecular complexity index is 104. The predicted molar refractivity (Wildman–Crippen MR) is 52.1 cm³/mol. The lowest BCUT2D eigenvalue weighted by molar-refractivity contribution is 0.584. The van der Waals surface area contributed by atoms with Crippen molar-refractivity contribution in [1.29, 1.82) is 0 Å². The monoisotopic (exact) mass is 182 g/mol. The van der Waals surface area contributed by atoms with Gasteiger partial charge in [-0.1, -0.05) is 0 Å². The summed E-state index contributed by atoms with van der Waals surface area (Å²) < 4.78 is 0.103. The van der Waals surface area contributed by atoms with Crippen LogP contribution in [0.5, 0.6) is 0 Å². The number of rotatable bonds is 4. The summed E-state index contributed by atoms with van der Waals surface area (Å²) in [6.07, 6.45) is 0. The molecular formula is C5H14N2OS2. The number of aliphatic hydroxyl groups excluding tert-OH is 1. The minimum absolute atomic E-state index is 0.103. The lowest BCUT2D eigenvalue weighted by atomic mass is 10.8. The summed E-state index contributed by atoms with van der Waals surface area (Å²) >= 11 is 4.62. The molecule has 5 heteroatoms. The number of hydrogen-bond donors (Lipinski definition) is 4. The van der Waals surface area contributed by atoms with E-state index in [-0.39, 0.29) is 4.38 Å². The van der Waals surface area contributed by atoms with Crippen molar-refractivity contribution in [2.24, 2.45) is 11.5 Å². The molecule has 0 aliphatic heterocycles. The number of hydrogen-bond acceptors (Lipinski definition) is 3. The molecule has 0 aromatic carbocycles. The fraction of sp³-hybridized carbons (Fsp3) is 0.800. The van der Waals surface area contributed by atoms with Crippen LogP contribution in [0.4, 0.5) is 0 Å². The second kappa shape index (κ2) is 5.91. The van der Waals surface area contributed by atoms with Crippen LogP contribution in [0.2, 0.25) is 0 Å². The molecule has 3 nitrogen and oxygen atoms in total. The second-order valence-electron chi connectivity index (χ2n) is 1.85. The van der Waals surface area contributed by atoms with Gasteiger partial charge in [0, 0.05) is 13.1 Å². The highest BCUT2D eigenvalue weighted by molar-refractivity contribution is 8.35. The fourth-order valence-electron chi connectivity index (χ4n) is 0.615. The molecule has 0 aliphatic rings. The summed E-state index contributed by atoms with van der Waals surface area (Å²) in [4.78, 5) is 0. The van der Waals surface area contributed by atoms with Crippen LogP contribution in [0.15, 0.2) is 0 Å². The van der Waals surface area contributed by atoms with Crippen molar-refractivity contribution >= 4 is 27.5 Å². The van der Waals surface area contributed by atoms with E-state index in [4.69, 9.17) is 16.6 Å². The van der Waals surface area contributed by atoms with Crippen LogP contribution in [0, 0.1) is 0 Å². The van der Waals surface area contributed by atoms with Gasteiger partial charge in [0.1, 0.15) is 0 Å². The first-order chi connectivity index (χ1) is 4.72. The van der Waals surface area contributed by atoms with Gasteiger partial charge in [-0.05, 0) is 23.7 Å². The van der Waals surface area contributed by atoms with E-state index in [1.54, 1.807) is 0 Å². The molecule has 0 saturated carbocycles. The third-order valence-corrected chi connectivity index (χ3v) is 3.98. The molecular weight excluding hydrogens is 168 g/mol. The molecule has 0 rings (SSSR count). The van der Waals surface area contributed by atoms with Crippen LogP contribution in [0.1, 0.15) is 0 Å². The number of thiocarbonyl (C=S) groups is 1. The van der Waals surface area contributed by atoms with Crippen molar-refractivity contribution < 1.29 is 5.11 Å². The van der Waals surface area contributed by atoms with Crippen LogP contribution < -0.4 is 11.5 Å². The maximum Gasteiger partial charge on any atom is 0.197 e. The molecule has 0 fully saturated rings. The summed E-state index contributed by atoms with van der Waals surface area (Å²) in [5, 5.41) is 8.92. The van der Waals surface area contributed by atoms with Crippen LogP contribution in [0.3, 0.4) is 0 Å². The number of thiol groups is 1. The summed E-state index contributed by atoms with van der Waals surface area (Å²) in [5.41, 5.74) is 10.6. The first-order valence-corrected chi connectivity index (χ1v) is 5.22. The van der Waals surface area contributed by atoms with Crippen LogP contribution >= 0.6 is 23.1 Å². The Balaban J connectivity index is 3.61. The zero-order valence-electron chi connectivity index (χ0n) is 5.79. The number of nitrogens with two attached hydrogens (primary N) is 2. The molecule has 0 bridgehead atoms. The third kappa shape index (κ3) is 4.05. The van der Waals surface area contributed by atoms with Gasteiger partial charge in [0.25, 0.3) is 0 Å². The van der Waals surface area contributed by atoms with E-state index < -0.39 is 10.9 Å². The standard InChI is InChI=1S/C5H14N2OS2/c6-1-3-10(4-2-7)5(8)9/h10H,1-4,6-7H2,(H,8,9). The van der Waals surface area contributed by atoms with Gasteiger partial charge < -0.3 is 16.6 Å². The Labute approximate surface area is 69.1 Å². The van der Waals surface area contributed by atoms with Gasteiger partial charge in [-0.3, -0.25) is 0 Å². The minimum Gasteiger partial charge on any atom is -0.495 e. The molecule has 5 N–H and O–H groups in total. The fourth-order valence-corrected chi connectivity index (χ4v) is 2.39. The highest BCUT2D eigenvalue weighted by atomic mass is 32.2. The van der Waals surface area contributed by atoms with Gasteiger partial charge in [-0.25, -0.2) is 0 Å². The molecule has 0 unspecified atom stereocenters. The van der Waals surface area contributed by atoms with Crippen molar-refractivity contribution in [3.63, 3.8) is 0 Å². The summed E-state index contributed by atoms with van der Waals surface area (Å²) in [5.74, 6) is 1.59. The Morgan fingerprint density at radius 1 is 1.30 bits per heavy atom.